The van der Waals surface area contributed by atoms with Gasteiger partial charge in [0, 0.05) is 79.1 Å². The van der Waals surface area contributed by atoms with E-state index in [1.807, 2.05) is 22.7 Å². The van der Waals surface area contributed by atoms with Crippen LogP contribution in [0.5, 0.6) is 0 Å². The van der Waals surface area contributed by atoms with Crippen LogP contribution in [-0.2, 0) is 10.8 Å². The van der Waals surface area contributed by atoms with E-state index in [1.54, 1.807) is 0 Å². The van der Waals surface area contributed by atoms with Crippen molar-refractivity contribution in [3.05, 3.63) is 174 Å². The van der Waals surface area contributed by atoms with Crippen molar-refractivity contribution in [3.63, 3.8) is 0 Å². The number of hydrogen-bond donors (Lipinski definition) is 0. The summed E-state index contributed by atoms with van der Waals surface area (Å²) in [6.45, 7) is 14.2. The molecule has 2 aliphatic heterocycles. The van der Waals surface area contributed by atoms with E-state index in [2.05, 4.69) is 203 Å². The van der Waals surface area contributed by atoms with E-state index in [4.69, 9.17) is 0 Å². The maximum absolute atomic E-state index is 2.71. The number of hydrogen-bond acceptors (Lipinski definition) is 3. The number of benzene rings is 9. The van der Waals surface area contributed by atoms with Gasteiger partial charge >= 0.3 is 6.85 Å². The highest BCUT2D eigenvalue weighted by Gasteiger charge is 2.45. The third kappa shape index (κ3) is 5.11. The summed E-state index contributed by atoms with van der Waals surface area (Å²) in [6, 6.07) is 59.4. The molecule has 3 aliphatic rings. The van der Waals surface area contributed by atoms with Crippen molar-refractivity contribution in [3.8, 4) is 27.9 Å². The summed E-state index contributed by atoms with van der Waals surface area (Å²) in [5.74, 6) is 0. The minimum atomic E-state index is -0.0504. The predicted octanol–water partition coefficient (Wildman–Crippen LogP) is 16.5. The second-order valence-electron chi connectivity index (χ2n) is 21.2. The monoisotopic (exact) mass is 894 g/mol. The molecule has 67 heavy (non-hydrogen) atoms. The van der Waals surface area contributed by atoms with E-state index >= 15 is 0 Å². The second kappa shape index (κ2) is 13.1. The highest BCUT2D eigenvalue weighted by atomic mass is 32.1. The Morgan fingerprint density at radius 1 is 0.478 bits per heavy atom. The number of nitrogens with zero attached hydrogens (tertiary/aromatic N) is 2. The molecule has 0 saturated heterocycles. The number of rotatable bonds is 2. The molecule has 12 aromatic rings. The summed E-state index contributed by atoms with van der Waals surface area (Å²) in [5, 5.41) is 10.6. The van der Waals surface area contributed by atoms with Crippen LogP contribution in [0.25, 0.3) is 101 Å². The molecule has 0 spiro atoms. The summed E-state index contributed by atoms with van der Waals surface area (Å²) in [5.41, 5.74) is 20.2. The molecule has 3 aromatic heterocycles. The highest BCUT2D eigenvalue weighted by Crippen LogP contribution is 2.54. The molecule has 0 unspecified atom stereocenters. The van der Waals surface area contributed by atoms with Gasteiger partial charge in [0.05, 0.1) is 11.0 Å². The zero-order valence-electron chi connectivity index (χ0n) is 38.6. The van der Waals surface area contributed by atoms with Crippen molar-refractivity contribution >= 4 is 125 Å². The van der Waals surface area contributed by atoms with Gasteiger partial charge in [0.2, 0.25) is 0 Å². The topological polar surface area (TPSA) is 8.17 Å². The zero-order chi connectivity index (χ0) is 44.8. The van der Waals surface area contributed by atoms with Gasteiger partial charge in [-0.2, -0.15) is 0 Å². The van der Waals surface area contributed by atoms with Gasteiger partial charge in [0.1, 0.15) is 0 Å². The summed E-state index contributed by atoms with van der Waals surface area (Å²) in [7, 11) is 0. The summed E-state index contributed by atoms with van der Waals surface area (Å²) < 4.78 is 8.08. The lowest BCUT2D eigenvalue weighted by Gasteiger charge is -2.42. The minimum Gasteiger partial charge on any atom is -0.376 e. The standard InChI is InChI=1S/C62H47BN2S2/c1-34-15-20-38(21-16-34)65-52-33-56-45(46-31-48-49(32-55(46)67-56)62(5,6)26-25-61(48,3)4)30-44(52)47-29-43(37-19-22-41-40-13-9-10-14-53(40)66-54(41)28-37)57-42-23-18-36-11-7-8-12-39(36)59(42)64-51-24-17-35(2)27-50(51)63(65)58(47)60(57)64/h7-24,27-33H,25-26H2,1-6H3. The second-order valence-corrected chi connectivity index (χ2v) is 23.4. The van der Waals surface area contributed by atoms with Crippen LogP contribution in [0.3, 0.4) is 0 Å². The van der Waals surface area contributed by atoms with Gasteiger partial charge in [-0.15, -0.1) is 22.7 Å². The van der Waals surface area contributed by atoms with Gasteiger partial charge in [-0.1, -0.05) is 130 Å². The minimum absolute atomic E-state index is 0.0504. The van der Waals surface area contributed by atoms with Crippen molar-refractivity contribution in [2.75, 3.05) is 4.81 Å². The van der Waals surface area contributed by atoms with Crippen molar-refractivity contribution < 1.29 is 0 Å². The Balaban J connectivity index is 1.13. The molecule has 0 N–H and O–H groups in total. The highest BCUT2D eigenvalue weighted by molar-refractivity contribution is 7.26. The molecule has 5 heteroatoms. The van der Waals surface area contributed by atoms with Crippen LogP contribution >= 0.6 is 22.7 Å². The maximum atomic E-state index is 2.71. The van der Waals surface area contributed by atoms with E-state index in [1.165, 1.54) is 158 Å². The van der Waals surface area contributed by atoms with E-state index in [9.17, 15) is 0 Å². The number of anilines is 2. The SMILES string of the molecule is Cc1ccc(N2B3c4cc(C)ccc4-n4c5c3c(cc(-c3ccc6c(c3)sc3ccccc36)c5c3ccc5ccccc5c34)-c3cc4c(cc32)sc2cc3c(cc24)C(C)(C)CCC3(C)C)cc1. The molecule has 0 radical (unpaired) electrons. The first kappa shape index (κ1) is 38.5. The summed E-state index contributed by atoms with van der Waals surface area (Å²) in [4.78, 5) is 2.71. The predicted molar refractivity (Wildman–Crippen MR) is 293 cm³/mol. The van der Waals surface area contributed by atoms with Gasteiger partial charge in [-0.3, -0.25) is 0 Å². The van der Waals surface area contributed by atoms with Crippen LogP contribution in [0.1, 0.15) is 62.8 Å². The Bertz CT molecular complexity index is 4200. The molecule has 0 amide bonds. The van der Waals surface area contributed by atoms with Crippen molar-refractivity contribution in [2.24, 2.45) is 0 Å². The Hall–Kier alpha value is -6.66. The van der Waals surface area contributed by atoms with Crippen molar-refractivity contribution in [2.45, 2.75) is 65.2 Å². The van der Waals surface area contributed by atoms with Gasteiger partial charge in [-0.05, 0) is 142 Å². The van der Waals surface area contributed by atoms with Gasteiger partial charge in [0.15, 0.2) is 0 Å². The normalized spacial score (nSPS) is 15.7. The molecule has 9 aromatic carbocycles. The van der Waals surface area contributed by atoms with Gasteiger partial charge in [0.25, 0.3) is 0 Å². The third-order valence-electron chi connectivity index (χ3n) is 16.3. The molecular formula is C62H47BN2S2. The maximum Gasteiger partial charge on any atom is 0.333 e. The molecule has 0 bridgehead atoms. The first-order valence-electron chi connectivity index (χ1n) is 24.0. The Morgan fingerprint density at radius 3 is 1.99 bits per heavy atom. The average molecular weight is 895 g/mol. The van der Waals surface area contributed by atoms with Crippen LogP contribution in [0.2, 0.25) is 0 Å². The fourth-order valence-electron chi connectivity index (χ4n) is 12.8. The van der Waals surface area contributed by atoms with Crippen molar-refractivity contribution in [1.82, 2.24) is 4.57 Å². The Kier molecular flexibility index (Phi) is 7.50. The van der Waals surface area contributed by atoms with E-state index in [0.29, 0.717) is 0 Å². The van der Waals surface area contributed by atoms with Crippen LogP contribution in [-0.4, -0.2) is 11.4 Å². The lowest BCUT2D eigenvalue weighted by Crippen LogP contribution is -2.60. The first-order chi connectivity index (χ1) is 32.5. The van der Waals surface area contributed by atoms with E-state index < -0.39 is 0 Å². The quantitative estimate of drug-likeness (QED) is 0.157. The lowest BCUT2D eigenvalue weighted by atomic mass is 9.43. The van der Waals surface area contributed by atoms with E-state index in [-0.39, 0.29) is 17.7 Å². The molecule has 15 rings (SSSR count). The van der Waals surface area contributed by atoms with Crippen LogP contribution in [0, 0.1) is 13.8 Å². The Morgan fingerprint density at radius 2 is 1.15 bits per heavy atom. The Labute approximate surface area is 398 Å². The van der Waals surface area contributed by atoms with Crippen molar-refractivity contribution in [1.29, 1.82) is 0 Å². The summed E-state index contributed by atoms with van der Waals surface area (Å²) in [6.07, 6.45) is 2.41. The lowest BCUT2D eigenvalue weighted by molar-refractivity contribution is 0.332. The van der Waals surface area contributed by atoms with Crippen LogP contribution in [0.15, 0.2) is 152 Å². The van der Waals surface area contributed by atoms with E-state index in [0.717, 1.165) is 0 Å². The average Bonchev–Trinajstić information content (AvgIpc) is 4.01. The molecule has 0 atom stereocenters. The first-order valence-corrected chi connectivity index (χ1v) is 25.6. The van der Waals surface area contributed by atoms with Gasteiger partial charge in [-0.25, -0.2) is 0 Å². The van der Waals surface area contributed by atoms with Gasteiger partial charge < -0.3 is 9.38 Å². The fourth-order valence-corrected chi connectivity index (χ4v) is 15.1. The molecular weight excluding hydrogens is 848 g/mol. The largest absolute Gasteiger partial charge is 0.376 e. The smallest absolute Gasteiger partial charge is 0.333 e. The molecule has 2 nitrogen and oxygen atoms in total. The fraction of sp³-hybridized carbons (Fsp3) is 0.161. The molecule has 0 saturated carbocycles. The molecule has 0 fully saturated rings. The number of thiophene rings is 2. The molecule has 320 valence electrons. The third-order valence-corrected chi connectivity index (χ3v) is 18.6. The number of aryl methyl sites for hydroxylation is 2. The number of fused-ring (bicyclic) bond motifs is 17. The molecule has 1 aliphatic carbocycles. The summed E-state index contributed by atoms with van der Waals surface area (Å²) >= 11 is 3.89. The van der Waals surface area contributed by atoms with Crippen LogP contribution < -0.4 is 15.7 Å². The zero-order valence-corrected chi connectivity index (χ0v) is 40.3. The molecule has 5 heterocycles. The van der Waals surface area contributed by atoms with Crippen LogP contribution in [0.4, 0.5) is 11.4 Å². The number of aromatic nitrogens is 1.